The van der Waals surface area contributed by atoms with Crippen LogP contribution in [0.4, 0.5) is 25.0 Å². The summed E-state index contributed by atoms with van der Waals surface area (Å²) >= 11 is 0. The lowest BCUT2D eigenvalue weighted by Crippen LogP contribution is -2.45. The SMILES string of the molecule is CC(=O)NC[C@H]1CN(c2cc(F)c(N3CCNN(C(=O)Cn4cnnn4)CC3)c(F)c2)C(=O)O1. The number of halogens is 2. The van der Waals surface area contributed by atoms with Crippen molar-refractivity contribution in [2.45, 2.75) is 19.6 Å². The number of tetrazole rings is 1. The molecule has 0 bridgehead atoms. The van der Waals surface area contributed by atoms with Crippen LogP contribution < -0.4 is 20.5 Å². The standard InChI is InChI=1S/C19H23F2N9O4/c1-12(31)22-8-14-9-29(19(33)34-14)13-6-15(20)18(16(21)7-13)27-3-2-24-30(5-4-27)17(32)10-28-11-23-25-26-28/h6-7,11,14,24H,2-5,8-10H2,1H3,(H,22,31)/t14-/m0/s1. The van der Waals surface area contributed by atoms with Gasteiger partial charge in [-0.05, 0) is 10.4 Å². The highest BCUT2D eigenvalue weighted by Crippen LogP contribution is 2.31. The molecule has 13 nitrogen and oxygen atoms in total. The molecule has 15 heteroatoms. The second-order valence-electron chi connectivity index (χ2n) is 7.76. The molecular formula is C19H23F2N9O4. The first-order chi connectivity index (χ1) is 16.3. The number of hydrogen-bond donors (Lipinski definition) is 2. The molecule has 2 aliphatic rings. The second kappa shape index (κ2) is 9.94. The topological polar surface area (TPSA) is 138 Å². The average Bonchev–Trinajstić information content (AvgIpc) is 3.35. The van der Waals surface area contributed by atoms with Crippen molar-refractivity contribution in [2.24, 2.45) is 0 Å². The van der Waals surface area contributed by atoms with Gasteiger partial charge < -0.3 is 15.0 Å². The highest BCUT2D eigenvalue weighted by Gasteiger charge is 2.34. The van der Waals surface area contributed by atoms with Crippen molar-refractivity contribution in [3.8, 4) is 0 Å². The number of ether oxygens (including phenoxy) is 1. The number of hydrazine groups is 1. The van der Waals surface area contributed by atoms with Gasteiger partial charge >= 0.3 is 6.09 Å². The number of hydrogen-bond acceptors (Lipinski definition) is 9. The molecule has 0 aliphatic carbocycles. The predicted octanol–water partition coefficient (Wildman–Crippen LogP) is -0.734. The molecule has 34 heavy (non-hydrogen) atoms. The van der Waals surface area contributed by atoms with Crippen LogP contribution in [0.5, 0.6) is 0 Å². The van der Waals surface area contributed by atoms with Crippen LogP contribution in [0.25, 0.3) is 0 Å². The molecule has 4 rings (SSSR count). The lowest BCUT2D eigenvalue weighted by atomic mass is 10.2. The van der Waals surface area contributed by atoms with E-state index < -0.39 is 23.8 Å². The summed E-state index contributed by atoms with van der Waals surface area (Å²) < 4.78 is 36.5. The smallest absolute Gasteiger partial charge is 0.414 e. The number of nitrogens with zero attached hydrogens (tertiary/aromatic N) is 7. The summed E-state index contributed by atoms with van der Waals surface area (Å²) in [7, 11) is 0. The molecular weight excluding hydrogens is 456 g/mol. The number of cyclic esters (lactones) is 1. The fourth-order valence-corrected chi connectivity index (χ4v) is 3.75. The van der Waals surface area contributed by atoms with E-state index in [-0.39, 0.29) is 69.0 Å². The molecule has 1 aromatic carbocycles. The molecule has 0 saturated carbocycles. The Morgan fingerprint density at radius 3 is 2.68 bits per heavy atom. The van der Waals surface area contributed by atoms with Gasteiger partial charge in [0.1, 0.15) is 24.7 Å². The number of amides is 3. The maximum atomic E-state index is 15.0. The molecule has 0 unspecified atom stereocenters. The molecule has 182 valence electrons. The number of aromatic nitrogens is 4. The number of nitrogens with one attached hydrogen (secondary N) is 2. The van der Waals surface area contributed by atoms with Gasteiger partial charge in [-0.15, -0.1) is 5.10 Å². The molecule has 1 aromatic heterocycles. The Kier molecular flexibility index (Phi) is 6.81. The van der Waals surface area contributed by atoms with E-state index in [2.05, 4.69) is 26.3 Å². The highest BCUT2D eigenvalue weighted by atomic mass is 19.1. The predicted molar refractivity (Wildman–Crippen MR) is 112 cm³/mol. The number of carbonyl (C=O) groups excluding carboxylic acids is 3. The van der Waals surface area contributed by atoms with E-state index in [4.69, 9.17) is 4.74 Å². The van der Waals surface area contributed by atoms with Crippen LogP contribution in [0.3, 0.4) is 0 Å². The zero-order valence-corrected chi connectivity index (χ0v) is 18.3. The Labute approximate surface area is 192 Å². The molecule has 2 aromatic rings. The Bertz CT molecular complexity index is 1050. The molecule has 2 N–H and O–H groups in total. The van der Waals surface area contributed by atoms with Gasteiger partial charge in [-0.3, -0.25) is 19.5 Å². The minimum absolute atomic E-state index is 0.0141. The largest absolute Gasteiger partial charge is 0.442 e. The summed E-state index contributed by atoms with van der Waals surface area (Å²) in [6, 6.07) is 2.14. The summed E-state index contributed by atoms with van der Waals surface area (Å²) in [5.74, 6) is -2.27. The Hall–Kier alpha value is -3.88. The van der Waals surface area contributed by atoms with Crippen LogP contribution >= 0.6 is 0 Å². The number of anilines is 2. The molecule has 3 amide bonds. The number of benzene rings is 1. The van der Waals surface area contributed by atoms with Crippen molar-refractivity contribution < 1.29 is 27.9 Å². The van der Waals surface area contributed by atoms with Gasteiger partial charge in [0, 0.05) is 38.7 Å². The third kappa shape index (κ3) is 5.19. The summed E-state index contributed by atoms with van der Waals surface area (Å²) in [5.41, 5.74) is 2.70. The van der Waals surface area contributed by atoms with Crippen molar-refractivity contribution >= 4 is 29.3 Å². The van der Waals surface area contributed by atoms with Gasteiger partial charge in [-0.1, -0.05) is 0 Å². The summed E-state index contributed by atoms with van der Waals surface area (Å²) in [4.78, 5) is 38.3. The molecule has 2 fully saturated rings. The Morgan fingerprint density at radius 2 is 2.00 bits per heavy atom. The van der Waals surface area contributed by atoms with Gasteiger partial charge in [0.15, 0.2) is 11.6 Å². The third-order valence-corrected chi connectivity index (χ3v) is 5.35. The summed E-state index contributed by atoms with van der Waals surface area (Å²) in [6.07, 6.45) is -0.0692. The first-order valence-corrected chi connectivity index (χ1v) is 10.5. The van der Waals surface area contributed by atoms with Crippen LogP contribution in [0, 0.1) is 11.6 Å². The minimum atomic E-state index is -0.846. The van der Waals surface area contributed by atoms with Crippen LogP contribution in [0.2, 0.25) is 0 Å². The van der Waals surface area contributed by atoms with E-state index in [0.717, 1.165) is 17.0 Å². The van der Waals surface area contributed by atoms with Crippen molar-refractivity contribution in [2.75, 3.05) is 49.1 Å². The Balaban J connectivity index is 1.42. The van der Waals surface area contributed by atoms with Gasteiger partial charge in [-0.2, -0.15) is 0 Å². The maximum absolute atomic E-state index is 15.0. The summed E-state index contributed by atoms with van der Waals surface area (Å²) in [6.45, 7) is 2.26. The van der Waals surface area contributed by atoms with Crippen molar-refractivity contribution in [3.63, 3.8) is 0 Å². The summed E-state index contributed by atoms with van der Waals surface area (Å²) in [5, 5.41) is 14.5. The minimum Gasteiger partial charge on any atom is -0.442 e. The van der Waals surface area contributed by atoms with E-state index in [9.17, 15) is 14.4 Å². The maximum Gasteiger partial charge on any atom is 0.414 e. The first-order valence-electron chi connectivity index (χ1n) is 10.5. The normalized spacial score (nSPS) is 18.6. The Morgan fingerprint density at radius 1 is 1.24 bits per heavy atom. The molecule has 0 radical (unpaired) electrons. The molecule has 1 atom stereocenters. The molecule has 2 saturated heterocycles. The molecule has 0 spiro atoms. The van der Waals surface area contributed by atoms with Gasteiger partial charge in [0.05, 0.1) is 25.3 Å². The van der Waals surface area contributed by atoms with Crippen LogP contribution in [0.15, 0.2) is 18.5 Å². The van der Waals surface area contributed by atoms with Gasteiger partial charge in [-0.25, -0.2) is 23.7 Å². The quantitative estimate of drug-likeness (QED) is 0.549. The lowest BCUT2D eigenvalue weighted by molar-refractivity contribution is -0.134. The van der Waals surface area contributed by atoms with Crippen molar-refractivity contribution in [1.82, 2.24) is 36.0 Å². The van der Waals surface area contributed by atoms with Crippen LogP contribution in [0.1, 0.15) is 6.92 Å². The average molecular weight is 479 g/mol. The van der Waals surface area contributed by atoms with E-state index in [1.54, 1.807) is 0 Å². The van der Waals surface area contributed by atoms with E-state index in [0.29, 0.717) is 0 Å². The van der Waals surface area contributed by atoms with Gasteiger partial charge in [0.2, 0.25) is 5.91 Å². The fraction of sp³-hybridized carbons (Fsp3) is 0.474. The number of carbonyl (C=O) groups is 3. The second-order valence-corrected chi connectivity index (χ2v) is 7.76. The highest BCUT2D eigenvalue weighted by molar-refractivity contribution is 5.90. The zero-order valence-electron chi connectivity index (χ0n) is 18.3. The van der Waals surface area contributed by atoms with E-state index in [1.807, 2.05) is 0 Å². The first kappa shape index (κ1) is 23.3. The monoisotopic (exact) mass is 479 g/mol. The zero-order chi connectivity index (χ0) is 24.2. The van der Waals surface area contributed by atoms with Crippen molar-refractivity contribution in [1.29, 1.82) is 0 Å². The molecule has 3 heterocycles. The van der Waals surface area contributed by atoms with Gasteiger partial charge in [0.25, 0.3) is 5.91 Å². The van der Waals surface area contributed by atoms with E-state index in [1.165, 1.54) is 27.8 Å². The third-order valence-electron chi connectivity index (χ3n) is 5.35. The molecule has 2 aliphatic heterocycles. The number of rotatable bonds is 6. The van der Waals surface area contributed by atoms with Crippen LogP contribution in [-0.4, -0.2) is 88.5 Å². The van der Waals surface area contributed by atoms with Crippen molar-refractivity contribution in [3.05, 3.63) is 30.1 Å². The lowest BCUT2D eigenvalue weighted by Gasteiger charge is -2.25. The van der Waals surface area contributed by atoms with Crippen LogP contribution in [-0.2, 0) is 20.9 Å². The fourth-order valence-electron chi connectivity index (χ4n) is 3.75. The van der Waals surface area contributed by atoms with E-state index >= 15 is 8.78 Å².